The summed E-state index contributed by atoms with van der Waals surface area (Å²) in [5, 5.41) is 12.1. The molecule has 1 rings (SSSR count). The summed E-state index contributed by atoms with van der Waals surface area (Å²) >= 11 is 0. The van der Waals surface area contributed by atoms with Crippen LogP contribution in [0, 0.1) is 17.2 Å². The highest BCUT2D eigenvalue weighted by molar-refractivity contribution is 5.79. The summed E-state index contributed by atoms with van der Waals surface area (Å²) in [7, 11) is 0. The van der Waals surface area contributed by atoms with E-state index in [1.807, 2.05) is 13.8 Å². The summed E-state index contributed by atoms with van der Waals surface area (Å²) < 4.78 is 0. The number of carbonyl (C=O) groups is 1. The molecule has 1 fully saturated rings. The van der Waals surface area contributed by atoms with E-state index >= 15 is 0 Å². The molecule has 4 heteroatoms. The van der Waals surface area contributed by atoms with Crippen LogP contribution in [0.1, 0.15) is 52.9 Å². The minimum absolute atomic E-state index is 0.0293. The maximum atomic E-state index is 12.1. The van der Waals surface area contributed by atoms with Crippen molar-refractivity contribution in [1.29, 1.82) is 5.26 Å². The van der Waals surface area contributed by atoms with Crippen LogP contribution in [0.3, 0.4) is 0 Å². The van der Waals surface area contributed by atoms with Crippen molar-refractivity contribution < 1.29 is 4.79 Å². The monoisotopic (exact) mass is 265 g/mol. The Bertz CT molecular complexity index is 327. The highest BCUT2D eigenvalue weighted by atomic mass is 16.2. The molecule has 1 saturated heterocycles. The third-order valence-corrected chi connectivity index (χ3v) is 4.10. The number of hydrogen-bond donors (Lipinski definition) is 1. The maximum absolute atomic E-state index is 12.1. The molecule has 0 radical (unpaired) electrons. The first kappa shape index (κ1) is 16.0. The Kier molecular flexibility index (Phi) is 6.30. The molecule has 1 aliphatic heterocycles. The van der Waals surface area contributed by atoms with Crippen molar-refractivity contribution in [3.63, 3.8) is 0 Å². The van der Waals surface area contributed by atoms with Crippen molar-refractivity contribution in [2.45, 2.75) is 58.4 Å². The molecule has 0 aromatic heterocycles. The van der Waals surface area contributed by atoms with Crippen LogP contribution in [-0.4, -0.2) is 36.0 Å². The summed E-state index contributed by atoms with van der Waals surface area (Å²) in [5.74, 6) is 0.0760. The summed E-state index contributed by atoms with van der Waals surface area (Å²) in [4.78, 5) is 14.3. The van der Waals surface area contributed by atoms with Gasteiger partial charge in [-0.1, -0.05) is 33.1 Å². The van der Waals surface area contributed by atoms with Gasteiger partial charge in [0.15, 0.2) is 0 Å². The first-order valence-electron chi connectivity index (χ1n) is 7.42. The normalized spacial score (nSPS) is 21.0. The van der Waals surface area contributed by atoms with Gasteiger partial charge in [-0.3, -0.25) is 9.69 Å². The molecule has 19 heavy (non-hydrogen) atoms. The predicted octanol–water partition coefficient (Wildman–Crippen LogP) is 2.31. The fourth-order valence-corrected chi connectivity index (χ4v) is 2.30. The fourth-order valence-electron chi connectivity index (χ4n) is 2.30. The smallest absolute Gasteiger partial charge is 0.235 e. The van der Waals surface area contributed by atoms with E-state index < -0.39 is 5.54 Å². The Morgan fingerprint density at radius 3 is 2.26 bits per heavy atom. The van der Waals surface area contributed by atoms with Gasteiger partial charge >= 0.3 is 0 Å². The summed E-state index contributed by atoms with van der Waals surface area (Å²) in [5.41, 5.74) is -0.764. The molecule has 1 aliphatic rings. The van der Waals surface area contributed by atoms with E-state index in [4.69, 9.17) is 0 Å². The van der Waals surface area contributed by atoms with E-state index in [0.29, 0.717) is 6.54 Å². The Balaban J connectivity index is 2.47. The SMILES string of the molecule is CC(C)[C@](C)(C#N)NC(=O)CN1CCCCCCC1. The van der Waals surface area contributed by atoms with Crippen LogP contribution in [-0.2, 0) is 4.79 Å². The van der Waals surface area contributed by atoms with Crippen molar-refractivity contribution >= 4 is 5.91 Å². The second-order valence-electron chi connectivity index (χ2n) is 6.06. The molecule has 0 aliphatic carbocycles. The van der Waals surface area contributed by atoms with Crippen LogP contribution < -0.4 is 5.32 Å². The minimum atomic E-state index is -0.764. The summed E-state index contributed by atoms with van der Waals surface area (Å²) in [6, 6.07) is 2.22. The number of nitrogens with one attached hydrogen (secondary N) is 1. The zero-order valence-corrected chi connectivity index (χ0v) is 12.5. The standard InChI is InChI=1S/C15H27N3O/c1-13(2)15(3,12-16)17-14(19)11-18-9-7-5-4-6-8-10-18/h13H,4-11H2,1-3H3,(H,17,19)/t15-/m0/s1. The van der Waals surface area contributed by atoms with E-state index in [-0.39, 0.29) is 11.8 Å². The van der Waals surface area contributed by atoms with Crippen molar-refractivity contribution in [3.05, 3.63) is 0 Å². The van der Waals surface area contributed by atoms with Crippen LogP contribution in [0.25, 0.3) is 0 Å². The van der Waals surface area contributed by atoms with Gasteiger partial charge in [-0.05, 0) is 38.8 Å². The average Bonchev–Trinajstić information content (AvgIpc) is 2.32. The number of carbonyl (C=O) groups excluding carboxylic acids is 1. The number of rotatable bonds is 4. The first-order valence-corrected chi connectivity index (χ1v) is 7.42. The minimum Gasteiger partial charge on any atom is -0.337 e. The second kappa shape index (κ2) is 7.49. The van der Waals surface area contributed by atoms with Gasteiger partial charge in [0.1, 0.15) is 5.54 Å². The molecular formula is C15H27N3O. The molecule has 4 nitrogen and oxygen atoms in total. The molecule has 0 spiro atoms. The topological polar surface area (TPSA) is 56.1 Å². The number of hydrogen-bond acceptors (Lipinski definition) is 3. The van der Waals surface area contributed by atoms with Crippen molar-refractivity contribution in [2.24, 2.45) is 5.92 Å². The third-order valence-electron chi connectivity index (χ3n) is 4.10. The number of nitrogens with zero attached hydrogens (tertiary/aromatic N) is 2. The molecule has 0 aromatic carbocycles. The average molecular weight is 265 g/mol. The zero-order valence-electron chi connectivity index (χ0n) is 12.5. The second-order valence-corrected chi connectivity index (χ2v) is 6.06. The Labute approximate surface area is 117 Å². The fraction of sp³-hybridized carbons (Fsp3) is 0.867. The molecule has 0 saturated carbocycles. The summed E-state index contributed by atoms with van der Waals surface area (Å²) in [6.45, 7) is 8.13. The molecule has 1 N–H and O–H groups in total. The van der Waals surface area contributed by atoms with Crippen LogP contribution in [0.5, 0.6) is 0 Å². The predicted molar refractivity (Wildman–Crippen MR) is 76.5 cm³/mol. The lowest BCUT2D eigenvalue weighted by Gasteiger charge is -2.29. The molecule has 0 unspecified atom stereocenters. The van der Waals surface area contributed by atoms with Gasteiger partial charge in [0.25, 0.3) is 0 Å². The van der Waals surface area contributed by atoms with E-state index in [1.54, 1.807) is 6.92 Å². The van der Waals surface area contributed by atoms with E-state index in [9.17, 15) is 10.1 Å². The number of nitriles is 1. The van der Waals surface area contributed by atoms with Crippen LogP contribution in [0.2, 0.25) is 0 Å². The first-order chi connectivity index (χ1) is 8.98. The van der Waals surface area contributed by atoms with Gasteiger partial charge in [-0.15, -0.1) is 0 Å². The quantitative estimate of drug-likeness (QED) is 0.848. The lowest BCUT2D eigenvalue weighted by molar-refractivity contribution is -0.124. The third kappa shape index (κ3) is 5.20. The van der Waals surface area contributed by atoms with Gasteiger partial charge in [0, 0.05) is 0 Å². The van der Waals surface area contributed by atoms with Crippen LogP contribution in [0.4, 0.5) is 0 Å². The highest BCUT2D eigenvalue weighted by Gasteiger charge is 2.30. The molecular weight excluding hydrogens is 238 g/mol. The van der Waals surface area contributed by atoms with Crippen LogP contribution in [0.15, 0.2) is 0 Å². The van der Waals surface area contributed by atoms with E-state index in [0.717, 1.165) is 13.1 Å². The largest absolute Gasteiger partial charge is 0.337 e. The lowest BCUT2D eigenvalue weighted by Crippen LogP contribution is -2.52. The van der Waals surface area contributed by atoms with Gasteiger partial charge in [0.2, 0.25) is 5.91 Å². The molecule has 108 valence electrons. The number of likely N-dealkylation sites (tertiary alicyclic amines) is 1. The molecule has 1 heterocycles. The van der Waals surface area contributed by atoms with Crippen molar-refractivity contribution in [1.82, 2.24) is 10.2 Å². The molecule has 0 bridgehead atoms. The number of amides is 1. The van der Waals surface area contributed by atoms with E-state index in [1.165, 1.54) is 32.1 Å². The van der Waals surface area contributed by atoms with Gasteiger partial charge in [-0.2, -0.15) is 5.26 Å². The lowest BCUT2D eigenvalue weighted by atomic mass is 9.90. The molecule has 1 amide bonds. The Morgan fingerprint density at radius 1 is 1.26 bits per heavy atom. The zero-order chi connectivity index (χ0) is 14.3. The van der Waals surface area contributed by atoms with Crippen LogP contribution >= 0.6 is 0 Å². The van der Waals surface area contributed by atoms with E-state index in [2.05, 4.69) is 16.3 Å². The van der Waals surface area contributed by atoms with Crippen molar-refractivity contribution in [3.8, 4) is 6.07 Å². The molecule has 0 aromatic rings. The Hall–Kier alpha value is -1.08. The van der Waals surface area contributed by atoms with Crippen molar-refractivity contribution in [2.75, 3.05) is 19.6 Å². The van der Waals surface area contributed by atoms with Gasteiger partial charge in [0.05, 0.1) is 12.6 Å². The Morgan fingerprint density at radius 2 is 1.79 bits per heavy atom. The van der Waals surface area contributed by atoms with Gasteiger partial charge in [-0.25, -0.2) is 0 Å². The maximum Gasteiger partial charge on any atom is 0.235 e. The summed E-state index contributed by atoms with van der Waals surface area (Å²) in [6.07, 6.45) is 6.19. The highest BCUT2D eigenvalue weighted by Crippen LogP contribution is 2.15. The van der Waals surface area contributed by atoms with Gasteiger partial charge < -0.3 is 5.32 Å². The molecule has 1 atom stereocenters.